The quantitative estimate of drug-likeness (QED) is 0.757. The van der Waals surface area contributed by atoms with Gasteiger partial charge in [0.25, 0.3) is 0 Å². The molecule has 1 atom stereocenters. The molecule has 2 rings (SSSR count). The van der Waals surface area contributed by atoms with Crippen molar-refractivity contribution in [3.05, 3.63) is 46.1 Å². The summed E-state index contributed by atoms with van der Waals surface area (Å²) in [5.74, 6) is 1.94. The molecule has 108 valence electrons. The molecule has 20 heavy (non-hydrogen) atoms. The number of hydrogen-bond acceptors (Lipinski definition) is 2. The lowest BCUT2D eigenvalue weighted by molar-refractivity contribution is 0.411. The zero-order chi connectivity index (χ0) is 14.5. The fraction of sp³-hybridized carbons (Fsp3) is 0.412. The largest absolute Gasteiger partial charge is 0.459 e. The molecule has 2 nitrogen and oxygen atoms in total. The number of rotatable bonds is 6. The third kappa shape index (κ3) is 3.53. The van der Waals surface area contributed by atoms with Crippen LogP contribution in [0.1, 0.15) is 44.1 Å². The lowest BCUT2D eigenvalue weighted by Gasteiger charge is -2.13. The van der Waals surface area contributed by atoms with E-state index in [2.05, 4.69) is 72.3 Å². The third-order valence-electron chi connectivity index (χ3n) is 3.41. The van der Waals surface area contributed by atoms with Gasteiger partial charge in [0.15, 0.2) is 0 Å². The van der Waals surface area contributed by atoms with E-state index < -0.39 is 0 Å². The minimum Gasteiger partial charge on any atom is -0.459 e. The Kier molecular flexibility index (Phi) is 5.44. The average molecular weight is 336 g/mol. The van der Waals surface area contributed by atoms with Crippen LogP contribution in [0.25, 0.3) is 11.3 Å². The summed E-state index contributed by atoms with van der Waals surface area (Å²) in [6.07, 6.45) is 2.16. The first-order valence-electron chi connectivity index (χ1n) is 7.25. The molecule has 0 aliphatic rings. The summed E-state index contributed by atoms with van der Waals surface area (Å²) < 4.78 is 7.13. The maximum absolute atomic E-state index is 6.06. The molecule has 0 aliphatic carbocycles. The zero-order valence-electron chi connectivity index (χ0n) is 12.4. The van der Waals surface area contributed by atoms with Gasteiger partial charge >= 0.3 is 0 Å². The first-order valence-corrected chi connectivity index (χ1v) is 8.04. The molecule has 2 aromatic rings. The van der Waals surface area contributed by atoms with Gasteiger partial charge in [0, 0.05) is 10.0 Å². The van der Waals surface area contributed by atoms with Crippen molar-refractivity contribution in [2.45, 2.75) is 39.7 Å². The Morgan fingerprint density at radius 3 is 2.70 bits per heavy atom. The molecule has 1 heterocycles. The van der Waals surface area contributed by atoms with Gasteiger partial charge in [-0.1, -0.05) is 41.4 Å². The molecule has 1 aromatic heterocycles. The zero-order valence-corrected chi connectivity index (χ0v) is 14.0. The number of furan rings is 1. The van der Waals surface area contributed by atoms with Crippen LogP contribution in [0.2, 0.25) is 0 Å². The van der Waals surface area contributed by atoms with E-state index in [1.807, 2.05) is 0 Å². The summed E-state index contributed by atoms with van der Waals surface area (Å²) in [5.41, 5.74) is 2.35. The van der Waals surface area contributed by atoms with E-state index in [0.717, 1.165) is 40.9 Å². The van der Waals surface area contributed by atoms with Crippen LogP contribution in [-0.4, -0.2) is 6.54 Å². The van der Waals surface area contributed by atoms with Crippen LogP contribution in [0.5, 0.6) is 0 Å². The molecule has 0 radical (unpaired) electrons. The molecule has 0 amide bonds. The first kappa shape index (κ1) is 15.3. The van der Waals surface area contributed by atoms with Gasteiger partial charge in [0.05, 0.1) is 6.04 Å². The van der Waals surface area contributed by atoms with Crippen molar-refractivity contribution < 1.29 is 4.42 Å². The molecule has 1 unspecified atom stereocenters. The van der Waals surface area contributed by atoms with Crippen molar-refractivity contribution in [2.24, 2.45) is 0 Å². The van der Waals surface area contributed by atoms with Crippen molar-refractivity contribution in [3.8, 4) is 11.3 Å². The smallest absolute Gasteiger partial charge is 0.135 e. The second-order valence-corrected chi connectivity index (χ2v) is 5.95. The Bertz CT molecular complexity index is 562. The van der Waals surface area contributed by atoms with Gasteiger partial charge in [0.1, 0.15) is 11.5 Å². The summed E-state index contributed by atoms with van der Waals surface area (Å²) in [6, 6.07) is 10.8. The number of aryl methyl sites for hydroxylation is 1. The van der Waals surface area contributed by atoms with E-state index in [1.165, 1.54) is 5.56 Å². The van der Waals surface area contributed by atoms with Crippen LogP contribution in [0.15, 0.2) is 39.2 Å². The lowest BCUT2D eigenvalue weighted by atomic mass is 10.1. The molecule has 1 N–H and O–H groups in total. The Hall–Kier alpha value is -1.06. The van der Waals surface area contributed by atoms with Gasteiger partial charge in [-0.3, -0.25) is 0 Å². The van der Waals surface area contributed by atoms with E-state index in [-0.39, 0.29) is 0 Å². The summed E-state index contributed by atoms with van der Waals surface area (Å²) >= 11 is 3.60. The Labute approximate surface area is 129 Å². The maximum Gasteiger partial charge on any atom is 0.135 e. The van der Waals surface area contributed by atoms with Crippen molar-refractivity contribution in [1.82, 2.24) is 5.32 Å². The van der Waals surface area contributed by atoms with Crippen molar-refractivity contribution in [1.29, 1.82) is 0 Å². The van der Waals surface area contributed by atoms with Crippen LogP contribution in [-0.2, 0) is 0 Å². The fourth-order valence-electron chi connectivity index (χ4n) is 2.28. The van der Waals surface area contributed by atoms with Crippen LogP contribution >= 0.6 is 15.9 Å². The topological polar surface area (TPSA) is 25.2 Å². The molecule has 0 spiro atoms. The standard InChI is InChI=1S/C17H22BrNO/c1-4-10-19-15(5-2)17-9-8-16(20-17)13-11-12(3)6-7-14(13)18/h6-9,11,15,19H,4-5,10H2,1-3H3. The lowest BCUT2D eigenvalue weighted by Crippen LogP contribution is -2.20. The van der Waals surface area contributed by atoms with E-state index >= 15 is 0 Å². The van der Waals surface area contributed by atoms with Crippen molar-refractivity contribution in [2.75, 3.05) is 6.54 Å². The van der Waals surface area contributed by atoms with Crippen molar-refractivity contribution in [3.63, 3.8) is 0 Å². The van der Waals surface area contributed by atoms with E-state index in [1.54, 1.807) is 0 Å². The monoisotopic (exact) mass is 335 g/mol. The van der Waals surface area contributed by atoms with Gasteiger partial charge in [-0.05, 0) is 50.6 Å². The molecular weight excluding hydrogens is 314 g/mol. The number of nitrogens with one attached hydrogen (secondary N) is 1. The minimum absolute atomic E-state index is 0.298. The minimum atomic E-state index is 0.298. The summed E-state index contributed by atoms with van der Waals surface area (Å²) in [7, 11) is 0. The molecule has 0 saturated carbocycles. The van der Waals surface area contributed by atoms with Gasteiger partial charge in [-0.2, -0.15) is 0 Å². The third-order valence-corrected chi connectivity index (χ3v) is 4.10. The highest BCUT2D eigenvalue weighted by molar-refractivity contribution is 9.10. The van der Waals surface area contributed by atoms with Crippen molar-refractivity contribution >= 4 is 15.9 Å². The molecule has 0 saturated heterocycles. The van der Waals surface area contributed by atoms with Crippen LogP contribution < -0.4 is 5.32 Å². The van der Waals surface area contributed by atoms with Gasteiger partial charge in [-0.15, -0.1) is 0 Å². The molecule has 3 heteroatoms. The highest BCUT2D eigenvalue weighted by Gasteiger charge is 2.14. The predicted molar refractivity (Wildman–Crippen MR) is 87.9 cm³/mol. The second kappa shape index (κ2) is 7.09. The molecule has 0 bridgehead atoms. The van der Waals surface area contributed by atoms with E-state index in [9.17, 15) is 0 Å². The summed E-state index contributed by atoms with van der Waals surface area (Å²) in [5, 5.41) is 3.52. The number of halogens is 1. The Balaban J connectivity index is 2.25. The van der Waals surface area contributed by atoms with E-state index in [4.69, 9.17) is 4.42 Å². The molecule has 1 aromatic carbocycles. The highest BCUT2D eigenvalue weighted by Crippen LogP contribution is 2.32. The van der Waals surface area contributed by atoms with Crippen LogP contribution in [0.3, 0.4) is 0 Å². The average Bonchev–Trinajstić information content (AvgIpc) is 2.92. The molecule has 0 aliphatic heterocycles. The Morgan fingerprint density at radius 1 is 1.20 bits per heavy atom. The van der Waals surface area contributed by atoms with Gasteiger partial charge < -0.3 is 9.73 Å². The first-order chi connectivity index (χ1) is 9.65. The second-order valence-electron chi connectivity index (χ2n) is 5.10. The predicted octanol–water partition coefficient (Wildman–Crippen LogP) is 5.47. The summed E-state index contributed by atoms with van der Waals surface area (Å²) in [4.78, 5) is 0. The van der Waals surface area contributed by atoms with Crippen LogP contribution in [0, 0.1) is 6.92 Å². The normalized spacial score (nSPS) is 12.6. The van der Waals surface area contributed by atoms with Gasteiger partial charge in [0.2, 0.25) is 0 Å². The van der Waals surface area contributed by atoms with Gasteiger partial charge in [-0.25, -0.2) is 0 Å². The Morgan fingerprint density at radius 2 is 2.00 bits per heavy atom. The van der Waals surface area contributed by atoms with Crippen LogP contribution in [0.4, 0.5) is 0 Å². The SMILES string of the molecule is CCCNC(CC)c1ccc(-c2cc(C)ccc2Br)o1. The fourth-order valence-corrected chi connectivity index (χ4v) is 2.72. The maximum atomic E-state index is 6.06. The summed E-state index contributed by atoms with van der Waals surface area (Å²) in [6.45, 7) is 7.47. The highest BCUT2D eigenvalue weighted by atomic mass is 79.9. The van der Waals surface area contributed by atoms with E-state index in [0.29, 0.717) is 6.04 Å². The number of hydrogen-bond donors (Lipinski definition) is 1. The molecule has 0 fully saturated rings. The number of benzene rings is 1. The molecular formula is C17H22BrNO.